The number of carbonyl (C=O) groups is 2. The monoisotopic (exact) mass is 696 g/mol. The highest BCUT2D eigenvalue weighted by molar-refractivity contribution is 5.72. The van der Waals surface area contributed by atoms with Crippen molar-refractivity contribution in [2.75, 3.05) is 39.5 Å². The second-order valence-corrected chi connectivity index (χ2v) is 14.8. The Bertz CT molecular complexity index is 671. The summed E-state index contributed by atoms with van der Waals surface area (Å²) in [5.74, 6) is 0.121. The van der Waals surface area contributed by atoms with Gasteiger partial charge in [-0.05, 0) is 58.0 Å². The molecule has 0 aromatic carbocycles. The molecule has 49 heavy (non-hydrogen) atoms. The Morgan fingerprint density at radius 1 is 0.469 bits per heavy atom. The number of esters is 2. The minimum absolute atomic E-state index is 0.0325. The quantitative estimate of drug-likeness (QED) is 0.0508. The van der Waals surface area contributed by atoms with Crippen LogP contribution in [-0.2, 0) is 19.1 Å². The fourth-order valence-electron chi connectivity index (χ4n) is 6.73. The van der Waals surface area contributed by atoms with Gasteiger partial charge in [-0.2, -0.15) is 0 Å². The summed E-state index contributed by atoms with van der Waals surface area (Å²) in [6, 6.07) is 0. The molecule has 292 valence electrons. The molecule has 0 amide bonds. The second-order valence-electron chi connectivity index (χ2n) is 14.8. The van der Waals surface area contributed by atoms with E-state index in [2.05, 4.69) is 25.7 Å². The van der Waals surface area contributed by atoms with E-state index in [1.54, 1.807) is 0 Å². The van der Waals surface area contributed by atoms with Crippen molar-refractivity contribution in [3.05, 3.63) is 0 Å². The molecule has 0 aromatic rings. The van der Waals surface area contributed by atoms with Crippen molar-refractivity contribution in [3.63, 3.8) is 0 Å². The zero-order valence-corrected chi connectivity index (χ0v) is 33.3. The van der Waals surface area contributed by atoms with Crippen molar-refractivity contribution in [1.29, 1.82) is 0 Å². The molecule has 0 bridgehead atoms. The third-order valence-electron chi connectivity index (χ3n) is 10.0. The molecule has 0 heterocycles. The van der Waals surface area contributed by atoms with Crippen LogP contribution in [0.4, 0.5) is 0 Å². The Labute approximate surface area is 305 Å². The number of aliphatic hydroxyl groups is 1. The lowest BCUT2D eigenvalue weighted by Gasteiger charge is -2.21. The maximum absolute atomic E-state index is 12.9. The van der Waals surface area contributed by atoms with E-state index in [0.29, 0.717) is 19.6 Å². The van der Waals surface area contributed by atoms with Crippen molar-refractivity contribution in [3.8, 4) is 0 Å². The van der Waals surface area contributed by atoms with Crippen LogP contribution in [0.3, 0.4) is 0 Å². The van der Waals surface area contributed by atoms with Crippen molar-refractivity contribution >= 4 is 11.9 Å². The number of aliphatic hydroxyl groups excluding tert-OH is 1. The number of unbranched alkanes of at least 4 members (excludes halogenated alkanes) is 23. The maximum Gasteiger partial charge on any atom is 0.308 e. The molecule has 0 aliphatic heterocycles. The van der Waals surface area contributed by atoms with Crippen LogP contribution in [0.25, 0.3) is 0 Å². The van der Waals surface area contributed by atoms with E-state index < -0.39 is 0 Å². The predicted octanol–water partition coefficient (Wildman–Crippen LogP) is 12.1. The molecule has 6 nitrogen and oxygen atoms in total. The van der Waals surface area contributed by atoms with Gasteiger partial charge in [0.25, 0.3) is 0 Å². The SMILES string of the molecule is CCCCCCCCOC(=O)CCCCCCCN(CCO)CCCCCCCOC(=O)C(CCCCCCCC)CCCCCCCC. The highest BCUT2D eigenvalue weighted by atomic mass is 16.5. The molecule has 1 N–H and O–H groups in total. The van der Waals surface area contributed by atoms with Crippen molar-refractivity contribution < 1.29 is 24.2 Å². The summed E-state index contributed by atoms with van der Waals surface area (Å²) in [7, 11) is 0. The lowest BCUT2D eigenvalue weighted by Crippen LogP contribution is -2.29. The second kappa shape index (κ2) is 39.6. The van der Waals surface area contributed by atoms with Crippen LogP contribution >= 0.6 is 0 Å². The van der Waals surface area contributed by atoms with Gasteiger partial charge in [0.05, 0.1) is 25.7 Å². The van der Waals surface area contributed by atoms with E-state index in [1.807, 2.05) is 0 Å². The van der Waals surface area contributed by atoms with Crippen molar-refractivity contribution in [2.24, 2.45) is 5.92 Å². The molecule has 0 aliphatic carbocycles. The lowest BCUT2D eigenvalue weighted by atomic mass is 9.94. The minimum Gasteiger partial charge on any atom is -0.466 e. The molecule has 0 spiro atoms. The topological polar surface area (TPSA) is 76.1 Å². The highest BCUT2D eigenvalue weighted by Gasteiger charge is 2.19. The Morgan fingerprint density at radius 2 is 0.857 bits per heavy atom. The molecule has 0 aliphatic rings. The van der Waals surface area contributed by atoms with Gasteiger partial charge in [-0.3, -0.25) is 9.59 Å². The molecule has 0 aromatic heterocycles. The van der Waals surface area contributed by atoms with Crippen LogP contribution in [-0.4, -0.2) is 61.4 Å². The zero-order chi connectivity index (χ0) is 35.9. The first-order valence-electron chi connectivity index (χ1n) is 21.7. The van der Waals surface area contributed by atoms with Crippen molar-refractivity contribution in [1.82, 2.24) is 4.90 Å². The fraction of sp³-hybridized carbons (Fsp3) is 0.953. The molecule has 0 radical (unpaired) electrons. The van der Waals surface area contributed by atoms with Gasteiger partial charge in [-0.25, -0.2) is 0 Å². The third-order valence-corrected chi connectivity index (χ3v) is 10.0. The molecular weight excluding hydrogens is 610 g/mol. The number of nitrogens with zero attached hydrogens (tertiary/aromatic N) is 1. The Morgan fingerprint density at radius 3 is 1.33 bits per heavy atom. The standard InChI is InChI=1S/C43H85NO5/c1-4-7-10-13-18-25-32-41(33-26-19-14-11-8-5-2)43(47)49-40-31-24-17-22-29-36-44(37-38-45)35-28-21-16-20-27-34-42(46)48-39-30-23-15-12-9-6-3/h41,45H,4-40H2,1-3H3. The summed E-state index contributed by atoms with van der Waals surface area (Å²) >= 11 is 0. The fourth-order valence-corrected chi connectivity index (χ4v) is 6.73. The van der Waals surface area contributed by atoms with Gasteiger partial charge in [-0.15, -0.1) is 0 Å². The molecule has 0 unspecified atom stereocenters. The van der Waals surface area contributed by atoms with Crippen LogP contribution in [0.2, 0.25) is 0 Å². The van der Waals surface area contributed by atoms with Gasteiger partial charge in [-0.1, -0.05) is 168 Å². The number of hydrogen-bond donors (Lipinski definition) is 1. The Hall–Kier alpha value is -1.14. The van der Waals surface area contributed by atoms with E-state index in [0.717, 1.165) is 96.7 Å². The molecule has 0 atom stereocenters. The molecule has 0 rings (SSSR count). The van der Waals surface area contributed by atoms with E-state index in [9.17, 15) is 14.7 Å². The Kier molecular flexibility index (Phi) is 38.7. The number of ether oxygens (including phenoxy) is 2. The van der Waals surface area contributed by atoms with E-state index in [4.69, 9.17) is 9.47 Å². The van der Waals surface area contributed by atoms with Gasteiger partial charge in [0.2, 0.25) is 0 Å². The van der Waals surface area contributed by atoms with Gasteiger partial charge >= 0.3 is 11.9 Å². The maximum atomic E-state index is 12.9. The van der Waals surface area contributed by atoms with Gasteiger partial charge < -0.3 is 19.5 Å². The smallest absolute Gasteiger partial charge is 0.308 e. The number of rotatable bonds is 40. The summed E-state index contributed by atoms with van der Waals surface area (Å²) in [5, 5.41) is 9.53. The normalized spacial score (nSPS) is 11.6. The summed E-state index contributed by atoms with van der Waals surface area (Å²) in [6.45, 7) is 10.9. The molecular formula is C43H85NO5. The molecule has 0 fully saturated rings. The van der Waals surface area contributed by atoms with Crippen LogP contribution in [0, 0.1) is 5.92 Å². The zero-order valence-electron chi connectivity index (χ0n) is 33.3. The third kappa shape index (κ3) is 35.1. The summed E-state index contributed by atoms with van der Waals surface area (Å²) < 4.78 is 11.2. The van der Waals surface area contributed by atoms with Gasteiger partial charge in [0.15, 0.2) is 0 Å². The average Bonchev–Trinajstić information content (AvgIpc) is 3.10. The minimum atomic E-state index is -0.0325. The largest absolute Gasteiger partial charge is 0.466 e. The first kappa shape index (κ1) is 47.9. The first-order valence-corrected chi connectivity index (χ1v) is 21.7. The van der Waals surface area contributed by atoms with Gasteiger partial charge in [0, 0.05) is 13.0 Å². The summed E-state index contributed by atoms with van der Waals surface area (Å²) in [4.78, 5) is 27.3. The van der Waals surface area contributed by atoms with E-state index in [-0.39, 0.29) is 24.5 Å². The van der Waals surface area contributed by atoms with Crippen molar-refractivity contribution in [2.45, 2.75) is 220 Å². The average molecular weight is 696 g/mol. The van der Waals surface area contributed by atoms with Crippen LogP contribution < -0.4 is 0 Å². The molecule has 0 saturated carbocycles. The first-order chi connectivity index (χ1) is 24.1. The van der Waals surface area contributed by atoms with E-state index in [1.165, 1.54) is 116 Å². The lowest BCUT2D eigenvalue weighted by molar-refractivity contribution is -0.149. The summed E-state index contributed by atoms with van der Waals surface area (Å²) in [5.41, 5.74) is 0. The number of hydrogen-bond acceptors (Lipinski definition) is 6. The highest BCUT2D eigenvalue weighted by Crippen LogP contribution is 2.21. The van der Waals surface area contributed by atoms with Gasteiger partial charge in [0.1, 0.15) is 0 Å². The molecule has 6 heteroatoms. The van der Waals surface area contributed by atoms with Crippen LogP contribution in [0.15, 0.2) is 0 Å². The van der Waals surface area contributed by atoms with Crippen LogP contribution in [0.5, 0.6) is 0 Å². The van der Waals surface area contributed by atoms with Crippen LogP contribution in [0.1, 0.15) is 220 Å². The summed E-state index contributed by atoms with van der Waals surface area (Å²) in [6.07, 6.45) is 36.1. The van der Waals surface area contributed by atoms with E-state index >= 15 is 0 Å². The molecule has 0 saturated heterocycles. The predicted molar refractivity (Wildman–Crippen MR) is 209 cm³/mol. The number of carbonyl (C=O) groups excluding carboxylic acids is 2. The Balaban J connectivity index is 3.95.